The number of nitrogens with one attached hydrogen (secondary N) is 1. The zero-order chi connectivity index (χ0) is 14.6. The summed E-state index contributed by atoms with van der Waals surface area (Å²) in [7, 11) is -3.81. The molecule has 8 nitrogen and oxygen atoms in total. The molecule has 0 aliphatic heterocycles. The van der Waals surface area contributed by atoms with E-state index in [1.165, 1.54) is 19.1 Å². The van der Waals surface area contributed by atoms with Gasteiger partial charge in [0.1, 0.15) is 0 Å². The van der Waals surface area contributed by atoms with Crippen LogP contribution < -0.4 is 4.72 Å². The zero-order valence-electron chi connectivity index (χ0n) is 9.94. The number of sulfonamides is 1. The number of nitro groups is 1. The van der Waals surface area contributed by atoms with Crippen molar-refractivity contribution in [2.24, 2.45) is 5.92 Å². The molecule has 1 unspecified atom stereocenters. The summed E-state index contributed by atoms with van der Waals surface area (Å²) in [6, 6.07) is 4.78. The Balaban J connectivity index is 2.78. The van der Waals surface area contributed by atoms with Crippen LogP contribution in [0.15, 0.2) is 24.3 Å². The summed E-state index contributed by atoms with van der Waals surface area (Å²) in [4.78, 5) is 20.4. The molecule has 0 bridgehead atoms. The molecule has 19 heavy (non-hydrogen) atoms. The highest BCUT2D eigenvalue weighted by atomic mass is 32.2. The highest BCUT2D eigenvalue weighted by Gasteiger charge is 2.21. The monoisotopic (exact) mass is 288 g/mol. The van der Waals surface area contributed by atoms with Crippen LogP contribution in [0, 0.1) is 16.0 Å². The summed E-state index contributed by atoms with van der Waals surface area (Å²) in [5, 5.41) is 19.1. The molecule has 0 aromatic heterocycles. The third-order valence-corrected chi connectivity index (χ3v) is 3.73. The highest BCUT2D eigenvalue weighted by Crippen LogP contribution is 2.17. The first-order chi connectivity index (χ1) is 8.71. The van der Waals surface area contributed by atoms with Crippen molar-refractivity contribution in [3.05, 3.63) is 34.4 Å². The molecule has 0 saturated carbocycles. The van der Waals surface area contributed by atoms with Gasteiger partial charge in [-0.25, -0.2) is 8.42 Å². The van der Waals surface area contributed by atoms with Crippen LogP contribution in [0.4, 0.5) is 11.4 Å². The second kappa shape index (κ2) is 5.65. The number of aliphatic carboxylic acids is 1. The van der Waals surface area contributed by atoms with Gasteiger partial charge in [-0.05, 0) is 12.1 Å². The molecule has 1 atom stereocenters. The number of nitro benzene ring substituents is 1. The van der Waals surface area contributed by atoms with Crippen molar-refractivity contribution in [2.75, 3.05) is 10.5 Å². The van der Waals surface area contributed by atoms with Gasteiger partial charge in [-0.3, -0.25) is 19.6 Å². The molecule has 0 aliphatic rings. The summed E-state index contributed by atoms with van der Waals surface area (Å²) in [6.07, 6.45) is 0. The van der Waals surface area contributed by atoms with Crippen molar-refractivity contribution >= 4 is 27.4 Å². The average Bonchev–Trinajstić information content (AvgIpc) is 2.28. The van der Waals surface area contributed by atoms with E-state index in [1.54, 1.807) is 0 Å². The third kappa shape index (κ3) is 4.54. The lowest BCUT2D eigenvalue weighted by Crippen LogP contribution is -2.25. The number of anilines is 1. The molecule has 1 aromatic carbocycles. The highest BCUT2D eigenvalue weighted by molar-refractivity contribution is 7.92. The van der Waals surface area contributed by atoms with Crippen molar-refractivity contribution in [1.29, 1.82) is 0 Å². The molecule has 2 N–H and O–H groups in total. The lowest BCUT2D eigenvalue weighted by molar-refractivity contribution is -0.384. The van der Waals surface area contributed by atoms with Crippen LogP contribution in [-0.4, -0.2) is 30.2 Å². The minimum absolute atomic E-state index is 0.142. The summed E-state index contributed by atoms with van der Waals surface area (Å²) in [5.41, 5.74) is -0.0231. The van der Waals surface area contributed by atoms with Crippen LogP contribution in [-0.2, 0) is 14.8 Å². The number of carboxylic acid groups (broad SMARTS) is 1. The summed E-state index contributed by atoms with van der Waals surface area (Å²) >= 11 is 0. The van der Waals surface area contributed by atoms with Gasteiger partial charge in [0.15, 0.2) is 0 Å². The van der Waals surface area contributed by atoms with Crippen molar-refractivity contribution < 1.29 is 23.2 Å². The predicted molar refractivity (Wildman–Crippen MR) is 67.3 cm³/mol. The predicted octanol–water partition coefficient (Wildman–Crippen LogP) is 1.06. The maximum absolute atomic E-state index is 11.6. The molecule has 1 rings (SSSR count). The summed E-state index contributed by atoms with van der Waals surface area (Å²) in [6.45, 7) is 1.28. The molecule has 9 heteroatoms. The molecule has 0 heterocycles. The molecular formula is C10H12N2O6S. The molecule has 1 aromatic rings. The van der Waals surface area contributed by atoms with Crippen molar-refractivity contribution in [3.8, 4) is 0 Å². The first-order valence-corrected chi connectivity index (χ1v) is 6.84. The number of hydrogen-bond donors (Lipinski definition) is 2. The van der Waals surface area contributed by atoms with Crippen molar-refractivity contribution in [1.82, 2.24) is 0 Å². The van der Waals surface area contributed by atoms with Crippen molar-refractivity contribution in [2.45, 2.75) is 6.92 Å². The molecule has 0 amide bonds. The average molecular weight is 288 g/mol. The third-order valence-electron chi connectivity index (χ3n) is 2.24. The lowest BCUT2D eigenvalue weighted by atomic mass is 10.2. The Morgan fingerprint density at radius 1 is 1.42 bits per heavy atom. The molecule has 0 spiro atoms. The summed E-state index contributed by atoms with van der Waals surface area (Å²) in [5.74, 6) is -2.83. The number of non-ortho nitro benzene ring substituents is 1. The number of hydrogen-bond acceptors (Lipinski definition) is 5. The Labute approximate surface area is 109 Å². The Bertz CT molecular complexity index is 581. The van der Waals surface area contributed by atoms with E-state index in [-0.39, 0.29) is 11.4 Å². The van der Waals surface area contributed by atoms with Crippen LogP contribution in [0.1, 0.15) is 6.92 Å². The Hall–Kier alpha value is -2.16. The van der Waals surface area contributed by atoms with Gasteiger partial charge in [0, 0.05) is 17.8 Å². The van der Waals surface area contributed by atoms with Gasteiger partial charge in [-0.15, -0.1) is 0 Å². The standard InChI is InChI=1S/C10H12N2O6S/c1-7(10(13)14)6-19(17,18)11-8-2-4-9(5-3-8)12(15)16/h2-5,7,11H,6H2,1H3,(H,13,14). The van der Waals surface area contributed by atoms with E-state index in [0.717, 1.165) is 12.1 Å². The lowest BCUT2D eigenvalue weighted by Gasteiger charge is -2.10. The number of carbonyl (C=O) groups is 1. The number of benzene rings is 1. The second-order valence-electron chi connectivity index (χ2n) is 3.93. The fourth-order valence-corrected chi connectivity index (χ4v) is 2.65. The molecule has 0 aliphatic carbocycles. The number of nitrogens with zero attached hydrogens (tertiary/aromatic N) is 1. The molecular weight excluding hydrogens is 276 g/mol. The van der Waals surface area contributed by atoms with Crippen LogP contribution in [0.3, 0.4) is 0 Å². The van der Waals surface area contributed by atoms with Gasteiger partial charge < -0.3 is 5.11 Å². The van der Waals surface area contributed by atoms with Gasteiger partial charge >= 0.3 is 5.97 Å². The van der Waals surface area contributed by atoms with E-state index in [4.69, 9.17) is 5.11 Å². The Morgan fingerprint density at radius 3 is 2.37 bits per heavy atom. The molecule has 0 fully saturated rings. The zero-order valence-corrected chi connectivity index (χ0v) is 10.8. The van der Waals surface area contributed by atoms with Gasteiger partial charge in [-0.2, -0.15) is 0 Å². The van der Waals surface area contributed by atoms with E-state index >= 15 is 0 Å². The van der Waals surface area contributed by atoms with Crippen LogP contribution >= 0.6 is 0 Å². The van der Waals surface area contributed by atoms with Crippen LogP contribution in [0.25, 0.3) is 0 Å². The minimum atomic E-state index is -3.81. The van der Waals surface area contributed by atoms with Crippen LogP contribution in [0.2, 0.25) is 0 Å². The smallest absolute Gasteiger partial charge is 0.307 e. The number of carboxylic acids is 1. The Morgan fingerprint density at radius 2 is 1.95 bits per heavy atom. The first kappa shape index (κ1) is 14.9. The van der Waals surface area contributed by atoms with E-state index in [1.807, 2.05) is 0 Å². The van der Waals surface area contributed by atoms with E-state index in [9.17, 15) is 23.3 Å². The van der Waals surface area contributed by atoms with Gasteiger partial charge in [0.05, 0.1) is 16.6 Å². The Kier molecular flexibility index (Phi) is 4.43. The maximum atomic E-state index is 11.6. The van der Waals surface area contributed by atoms with E-state index in [2.05, 4.69) is 4.72 Å². The largest absolute Gasteiger partial charge is 0.481 e. The first-order valence-electron chi connectivity index (χ1n) is 5.19. The quantitative estimate of drug-likeness (QED) is 0.595. The molecule has 0 radical (unpaired) electrons. The summed E-state index contributed by atoms with van der Waals surface area (Å²) < 4.78 is 25.4. The molecule has 0 saturated heterocycles. The van der Waals surface area contributed by atoms with Gasteiger partial charge in [0.25, 0.3) is 5.69 Å². The SMILES string of the molecule is CC(CS(=O)(=O)Nc1ccc([N+](=O)[O-])cc1)C(=O)O. The topological polar surface area (TPSA) is 127 Å². The fraction of sp³-hybridized carbons (Fsp3) is 0.300. The van der Waals surface area contributed by atoms with E-state index < -0.39 is 32.6 Å². The number of rotatable bonds is 6. The van der Waals surface area contributed by atoms with Crippen LogP contribution in [0.5, 0.6) is 0 Å². The second-order valence-corrected chi connectivity index (χ2v) is 5.69. The van der Waals surface area contributed by atoms with Gasteiger partial charge in [0.2, 0.25) is 10.0 Å². The maximum Gasteiger partial charge on any atom is 0.307 e. The normalized spacial score (nSPS) is 12.7. The minimum Gasteiger partial charge on any atom is -0.481 e. The van der Waals surface area contributed by atoms with Crippen molar-refractivity contribution in [3.63, 3.8) is 0 Å². The molecule has 104 valence electrons. The van der Waals surface area contributed by atoms with Gasteiger partial charge in [-0.1, -0.05) is 6.92 Å². The fourth-order valence-electron chi connectivity index (χ4n) is 1.27. The van der Waals surface area contributed by atoms with E-state index in [0.29, 0.717) is 0 Å².